The lowest BCUT2D eigenvalue weighted by atomic mass is 9.96. The van der Waals surface area contributed by atoms with Crippen LogP contribution in [-0.2, 0) is 4.79 Å². The number of piperidine rings is 1. The summed E-state index contributed by atoms with van der Waals surface area (Å²) in [6, 6.07) is 12.2. The van der Waals surface area contributed by atoms with Crippen LogP contribution in [0.5, 0.6) is 0 Å². The Morgan fingerprint density at radius 1 is 1.00 bits per heavy atom. The zero-order valence-corrected chi connectivity index (χ0v) is 15.1. The third kappa shape index (κ3) is 4.58. The van der Waals surface area contributed by atoms with Crippen molar-refractivity contribution in [3.63, 3.8) is 0 Å². The summed E-state index contributed by atoms with van der Waals surface area (Å²) >= 11 is 0. The molecule has 0 spiro atoms. The maximum atomic E-state index is 13.0. The Morgan fingerprint density at radius 3 is 2.26 bits per heavy atom. The zero-order chi connectivity index (χ0) is 19.4. The lowest BCUT2D eigenvalue weighted by Crippen LogP contribution is -2.43. The van der Waals surface area contributed by atoms with E-state index in [1.807, 2.05) is 0 Å². The number of nitrogens with zero attached hydrogens (tertiary/aromatic N) is 1. The molecule has 0 aromatic heterocycles. The number of ketones is 1. The van der Waals surface area contributed by atoms with Gasteiger partial charge >= 0.3 is 0 Å². The van der Waals surface area contributed by atoms with Gasteiger partial charge in [0.05, 0.1) is 5.92 Å². The highest BCUT2D eigenvalue weighted by molar-refractivity contribution is 5.97. The van der Waals surface area contributed by atoms with Crippen molar-refractivity contribution in [1.82, 2.24) is 4.90 Å². The van der Waals surface area contributed by atoms with Gasteiger partial charge in [0, 0.05) is 29.9 Å². The van der Waals surface area contributed by atoms with Gasteiger partial charge in [-0.1, -0.05) is 0 Å². The predicted octanol–water partition coefficient (Wildman–Crippen LogP) is 3.52. The summed E-state index contributed by atoms with van der Waals surface area (Å²) in [5.41, 5.74) is 1.62. The zero-order valence-electron chi connectivity index (χ0n) is 15.1. The molecule has 1 aliphatic rings. The van der Waals surface area contributed by atoms with E-state index in [0.717, 1.165) is 6.42 Å². The number of benzene rings is 2. The number of hydrogen-bond donors (Lipinski definition) is 1. The lowest BCUT2D eigenvalue weighted by molar-refractivity contribution is -0.121. The summed E-state index contributed by atoms with van der Waals surface area (Å²) in [5.74, 6) is -1.08. The highest BCUT2D eigenvalue weighted by atomic mass is 19.1. The number of rotatable bonds is 4. The standard InChI is InChI=1S/C21H21FN2O3/c1-14(25)15-6-10-19(11-7-15)23-20(26)17-3-2-12-24(13-17)21(27)16-4-8-18(22)9-5-16/h4-11,17H,2-3,12-13H2,1H3,(H,23,26)/t17-/m1/s1. The molecule has 5 nitrogen and oxygen atoms in total. The van der Waals surface area contributed by atoms with Crippen molar-refractivity contribution >= 4 is 23.3 Å². The van der Waals surface area contributed by atoms with Gasteiger partial charge in [-0.05, 0) is 68.3 Å². The minimum atomic E-state index is -0.391. The van der Waals surface area contributed by atoms with Crippen LogP contribution in [0.15, 0.2) is 48.5 Å². The molecule has 1 fully saturated rings. The largest absolute Gasteiger partial charge is 0.338 e. The Hall–Kier alpha value is -3.02. The maximum absolute atomic E-state index is 13.0. The van der Waals surface area contributed by atoms with E-state index in [4.69, 9.17) is 0 Å². The summed E-state index contributed by atoms with van der Waals surface area (Å²) < 4.78 is 13.0. The number of likely N-dealkylation sites (tertiary alicyclic amines) is 1. The molecular formula is C21H21FN2O3. The molecule has 2 aromatic carbocycles. The Morgan fingerprint density at radius 2 is 1.63 bits per heavy atom. The van der Waals surface area contributed by atoms with Crippen LogP contribution in [0.4, 0.5) is 10.1 Å². The first-order valence-corrected chi connectivity index (χ1v) is 8.91. The van der Waals surface area contributed by atoms with Gasteiger partial charge in [-0.3, -0.25) is 14.4 Å². The molecule has 6 heteroatoms. The number of anilines is 1. The third-order valence-electron chi connectivity index (χ3n) is 4.73. The van der Waals surface area contributed by atoms with Crippen LogP contribution in [0.2, 0.25) is 0 Å². The maximum Gasteiger partial charge on any atom is 0.253 e. The molecule has 2 amide bonds. The van der Waals surface area contributed by atoms with Crippen molar-refractivity contribution in [3.8, 4) is 0 Å². The van der Waals surface area contributed by atoms with E-state index in [0.29, 0.717) is 36.3 Å². The fraction of sp³-hybridized carbons (Fsp3) is 0.286. The van der Waals surface area contributed by atoms with Crippen LogP contribution < -0.4 is 5.32 Å². The lowest BCUT2D eigenvalue weighted by Gasteiger charge is -2.32. The SMILES string of the molecule is CC(=O)c1ccc(NC(=O)[C@@H]2CCCN(C(=O)c3ccc(F)cc3)C2)cc1. The molecule has 1 aliphatic heterocycles. The molecule has 1 saturated heterocycles. The van der Waals surface area contributed by atoms with Gasteiger partial charge < -0.3 is 10.2 Å². The molecule has 27 heavy (non-hydrogen) atoms. The second-order valence-electron chi connectivity index (χ2n) is 6.72. The quantitative estimate of drug-likeness (QED) is 0.840. The van der Waals surface area contributed by atoms with Crippen LogP contribution in [0.3, 0.4) is 0 Å². The Balaban J connectivity index is 1.63. The first-order chi connectivity index (χ1) is 12.9. The molecule has 1 heterocycles. The smallest absolute Gasteiger partial charge is 0.253 e. The number of Topliss-reactive ketones (excluding diaryl/α,β-unsaturated/α-hetero) is 1. The molecule has 140 valence electrons. The van der Waals surface area contributed by atoms with E-state index in [1.165, 1.54) is 31.2 Å². The molecule has 1 atom stereocenters. The molecule has 2 aromatic rings. The Labute approximate surface area is 157 Å². The molecule has 0 saturated carbocycles. The summed E-state index contributed by atoms with van der Waals surface area (Å²) in [6.45, 7) is 2.39. The fourth-order valence-corrected chi connectivity index (χ4v) is 3.18. The van der Waals surface area contributed by atoms with Crippen molar-refractivity contribution in [1.29, 1.82) is 0 Å². The summed E-state index contributed by atoms with van der Waals surface area (Å²) in [6.07, 6.45) is 1.43. The van der Waals surface area contributed by atoms with Crippen LogP contribution in [-0.4, -0.2) is 35.6 Å². The Bertz CT molecular complexity index is 847. The van der Waals surface area contributed by atoms with Gasteiger partial charge in [-0.2, -0.15) is 0 Å². The molecular weight excluding hydrogens is 347 g/mol. The number of halogens is 1. The average molecular weight is 368 g/mol. The normalized spacial score (nSPS) is 16.7. The molecule has 0 unspecified atom stereocenters. The van der Waals surface area contributed by atoms with Crippen LogP contribution in [0.25, 0.3) is 0 Å². The summed E-state index contributed by atoms with van der Waals surface area (Å²) in [7, 11) is 0. The third-order valence-corrected chi connectivity index (χ3v) is 4.73. The second-order valence-corrected chi connectivity index (χ2v) is 6.72. The first-order valence-electron chi connectivity index (χ1n) is 8.91. The molecule has 0 aliphatic carbocycles. The number of carbonyl (C=O) groups is 3. The molecule has 0 bridgehead atoms. The van der Waals surface area contributed by atoms with Gasteiger partial charge in [0.1, 0.15) is 5.82 Å². The number of hydrogen-bond acceptors (Lipinski definition) is 3. The predicted molar refractivity (Wildman–Crippen MR) is 100 cm³/mol. The van der Waals surface area contributed by atoms with Crippen molar-refractivity contribution in [3.05, 3.63) is 65.5 Å². The highest BCUT2D eigenvalue weighted by Gasteiger charge is 2.29. The van der Waals surface area contributed by atoms with Gasteiger partial charge in [0.15, 0.2) is 5.78 Å². The van der Waals surface area contributed by atoms with Crippen LogP contribution >= 0.6 is 0 Å². The average Bonchev–Trinajstić information content (AvgIpc) is 2.68. The topological polar surface area (TPSA) is 66.5 Å². The minimum Gasteiger partial charge on any atom is -0.338 e. The van der Waals surface area contributed by atoms with E-state index < -0.39 is 5.82 Å². The second kappa shape index (κ2) is 8.12. The van der Waals surface area contributed by atoms with Crippen LogP contribution in [0, 0.1) is 11.7 Å². The highest BCUT2D eigenvalue weighted by Crippen LogP contribution is 2.21. The van der Waals surface area contributed by atoms with E-state index in [9.17, 15) is 18.8 Å². The van der Waals surface area contributed by atoms with Crippen molar-refractivity contribution in [2.24, 2.45) is 5.92 Å². The van der Waals surface area contributed by atoms with Gasteiger partial charge in [0.2, 0.25) is 5.91 Å². The molecule has 0 radical (unpaired) electrons. The van der Waals surface area contributed by atoms with E-state index in [-0.39, 0.29) is 23.5 Å². The summed E-state index contributed by atoms with van der Waals surface area (Å²) in [5, 5.41) is 2.85. The number of nitrogens with one attached hydrogen (secondary N) is 1. The van der Waals surface area contributed by atoms with Crippen LogP contribution in [0.1, 0.15) is 40.5 Å². The Kier molecular flexibility index (Phi) is 5.64. The van der Waals surface area contributed by atoms with Crippen molar-refractivity contribution < 1.29 is 18.8 Å². The number of amides is 2. The van der Waals surface area contributed by atoms with E-state index in [2.05, 4.69) is 5.32 Å². The fourth-order valence-electron chi connectivity index (χ4n) is 3.18. The molecule has 3 rings (SSSR count). The summed E-state index contributed by atoms with van der Waals surface area (Å²) in [4.78, 5) is 38.1. The monoisotopic (exact) mass is 368 g/mol. The molecule has 1 N–H and O–H groups in total. The van der Waals surface area contributed by atoms with Crippen molar-refractivity contribution in [2.75, 3.05) is 18.4 Å². The number of carbonyl (C=O) groups excluding carboxylic acids is 3. The van der Waals surface area contributed by atoms with Gasteiger partial charge in [-0.15, -0.1) is 0 Å². The first kappa shape index (κ1) is 18.8. The van der Waals surface area contributed by atoms with Gasteiger partial charge in [-0.25, -0.2) is 4.39 Å². The van der Waals surface area contributed by atoms with Gasteiger partial charge in [0.25, 0.3) is 5.91 Å². The van der Waals surface area contributed by atoms with Crippen molar-refractivity contribution in [2.45, 2.75) is 19.8 Å². The van der Waals surface area contributed by atoms with E-state index in [1.54, 1.807) is 29.2 Å². The van der Waals surface area contributed by atoms with E-state index >= 15 is 0 Å². The minimum absolute atomic E-state index is 0.0323.